The van der Waals surface area contributed by atoms with Gasteiger partial charge in [0.2, 0.25) is 0 Å². The summed E-state index contributed by atoms with van der Waals surface area (Å²) in [6.07, 6.45) is 3.99. The molecule has 0 saturated carbocycles. The molecule has 3 aromatic rings. The molecule has 0 saturated heterocycles. The second-order valence-corrected chi connectivity index (χ2v) is 5.63. The molecule has 3 rings (SSSR count). The molecule has 0 fully saturated rings. The van der Waals surface area contributed by atoms with Crippen LogP contribution in [0.2, 0.25) is 0 Å². The number of nitrogens with zero attached hydrogens (tertiary/aromatic N) is 2. The first-order valence-corrected chi connectivity index (χ1v) is 7.37. The van der Waals surface area contributed by atoms with Gasteiger partial charge in [-0.1, -0.05) is 42.5 Å². The Kier molecular flexibility index (Phi) is 3.76. The quantitative estimate of drug-likeness (QED) is 0.782. The second kappa shape index (κ2) is 5.70. The summed E-state index contributed by atoms with van der Waals surface area (Å²) < 4.78 is 1.84. The molecule has 1 heterocycles. The summed E-state index contributed by atoms with van der Waals surface area (Å²) in [5.41, 5.74) is 2.55. The molecule has 0 aliphatic carbocycles. The van der Waals surface area contributed by atoms with Crippen molar-refractivity contribution < 1.29 is 0 Å². The number of hydrogen-bond acceptors (Lipinski definition) is 2. The number of aromatic nitrogens is 2. The molecular weight excluding hydrogens is 258 g/mol. The van der Waals surface area contributed by atoms with E-state index in [1.54, 1.807) is 0 Å². The van der Waals surface area contributed by atoms with Crippen molar-refractivity contribution in [3.63, 3.8) is 0 Å². The Morgan fingerprint density at radius 1 is 1.00 bits per heavy atom. The topological polar surface area (TPSA) is 29.9 Å². The smallest absolute Gasteiger partial charge is 0.0537 e. The van der Waals surface area contributed by atoms with Gasteiger partial charge in [0, 0.05) is 30.9 Å². The molecule has 2 aromatic carbocycles. The van der Waals surface area contributed by atoms with E-state index >= 15 is 0 Å². The SMILES string of the molecule is CC(NC(C)c1cccc2ccccc12)c1cnn(C)c1. The molecule has 3 nitrogen and oxygen atoms in total. The molecule has 0 spiro atoms. The van der Waals surface area contributed by atoms with E-state index in [-0.39, 0.29) is 12.1 Å². The Balaban J connectivity index is 1.85. The van der Waals surface area contributed by atoms with Crippen molar-refractivity contribution in [1.82, 2.24) is 15.1 Å². The van der Waals surface area contributed by atoms with Crippen LogP contribution in [-0.2, 0) is 7.05 Å². The molecule has 2 unspecified atom stereocenters. The molecule has 108 valence electrons. The van der Waals surface area contributed by atoms with Crippen LogP contribution < -0.4 is 5.32 Å². The average molecular weight is 279 g/mol. The lowest BCUT2D eigenvalue weighted by Gasteiger charge is -2.21. The third-order valence-electron chi connectivity index (χ3n) is 4.01. The Morgan fingerprint density at radius 3 is 2.52 bits per heavy atom. The van der Waals surface area contributed by atoms with Crippen LogP contribution in [0, 0.1) is 0 Å². The van der Waals surface area contributed by atoms with Crippen LogP contribution >= 0.6 is 0 Å². The maximum atomic E-state index is 4.24. The highest BCUT2D eigenvalue weighted by atomic mass is 15.2. The fourth-order valence-electron chi connectivity index (χ4n) is 2.85. The minimum Gasteiger partial charge on any atom is -0.304 e. The van der Waals surface area contributed by atoms with Crippen LogP contribution in [0.15, 0.2) is 54.9 Å². The number of nitrogens with one attached hydrogen (secondary N) is 1. The first-order chi connectivity index (χ1) is 10.1. The van der Waals surface area contributed by atoms with Crippen LogP contribution in [-0.4, -0.2) is 9.78 Å². The minimum absolute atomic E-state index is 0.271. The van der Waals surface area contributed by atoms with E-state index in [0.717, 1.165) is 0 Å². The van der Waals surface area contributed by atoms with E-state index in [2.05, 4.69) is 72.9 Å². The highest BCUT2D eigenvalue weighted by molar-refractivity contribution is 5.86. The number of aryl methyl sites for hydroxylation is 1. The normalized spacial score (nSPS) is 14.2. The lowest BCUT2D eigenvalue weighted by atomic mass is 9.99. The zero-order valence-electron chi connectivity index (χ0n) is 12.7. The molecule has 1 aromatic heterocycles. The summed E-state index contributed by atoms with van der Waals surface area (Å²) in [4.78, 5) is 0. The van der Waals surface area contributed by atoms with Gasteiger partial charge in [-0.05, 0) is 30.2 Å². The Bertz CT molecular complexity index is 740. The van der Waals surface area contributed by atoms with E-state index in [0.29, 0.717) is 0 Å². The highest BCUT2D eigenvalue weighted by Gasteiger charge is 2.14. The molecule has 0 amide bonds. The highest BCUT2D eigenvalue weighted by Crippen LogP contribution is 2.26. The lowest BCUT2D eigenvalue weighted by Crippen LogP contribution is -2.22. The zero-order chi connectivity index (χ0) is 14.8. The van der Waals surface area contributed by atoms with Gasteiger partial charge < -0.3 is 5.32 Å². The van der Waals surface area contributed by atoms with Crippen molar-refractivity contribution in [3.05, 3.63) is 66.0 Å². The molecule has 3 heteroatoms. The van der Waals surface area contributed by atoms with Gasteiger partial charge in [-0.25, -0.2) is 0 Å². The van der Waals surface area contributed by atoms with Gasteiger partial charge in [0.1, 0.15) is 0 Å². The van der Waals surface area contributed by atoms with Crippen LogP contribution in [0.5, 0.6) is 0 Å². The average Bonchev–Trinajstić information content (AvgIpc) is 2.93. The van der Waals surface area contributed by atoms with Gasteiger partial charge in [0.05, 0.1) is 6.20 Å². The van der Waals surface area contributed by atoms with Crippen molar-refractivity contribution in [1.29, 1.82) is 0 Å². The largest absolute Gasteiger partial charge is 0.304 e. The standard InChI is InChI=1S/C18H21N3/c1-13(16-11-19-21(3)12-16)20-14(2)17-10-6-8-15-7-4-5-9-18(15)17/h4-14,20H,1-3H3. The van der Waals surface area contributed by atoms with E-state index in [1.165, 1.54) is 21.9 Å². The van der Waals surface area contributed by atoms with Gasteiger partial charge in [-0.2, -0.15) is 5.10 Å². The van der Waals surface area contributed by atoms with Crippen LogP contribution in [0.1, 0.15) is 37.1 Å². The number of fused-ring (bicyclic) bond motifs is 1. The molecule has 0 aliphatic heterocycles. The molecule has 21 heavy (non-hydrogen) atoms. The molecule has 0 aliphatic rings. The maximum Gasteiger partial charge on any atom is 0.0537 e. The number of hydrogen-bond donors (Lipinski definition) is 1. The van der Waals surface area contributed by atoms with Crippen molar-refractivity contribution in [3.8, 4) is 0 Å². The molecular formula is C18H21N3. The number of benzene rings is 2. The van der Waals surface area contributed by atoms with E-state index < -0.39 is 0 Å². The van der Waals surface area contributed by atoms with Gasteiger partial charge in [-0.3, -0.25) is 4.68 Å². The van der Waals surface area contributed by atoms with Gasteiger partial charge >= 0.3 is 0 Å². The van der Waals surface area contributed by atoms with E-state index in [1.807, 2.05) is 17.9 Å². The first-order valence-electron chi connectivity index (χ1n) is 7.37. The van der Waals surface area contributed by atoms with Gasteiger partial charge in [-0.15, -0.1) is 0 Å². The first kappa shape index (κ1) is 13.8. The predicted molar refractivity (Wildman–Crippen MR) is 87.1 cm³/mol. The zero-order valence-corrected chi connectivity index (χ0v) is 12.7. The summed E-state index contributed by atoms with van der Waals surface area (Å²) in [7, 11) is 1.95. The van der Waals surface area contributed by atoms with Gasteiger partial charge in [0.15, 0.2) is 0 Å². The van der Waals surface area contributed by atoms with Crippen molar-refractivity contribution in [2.24, 2.45) is 7.05 Å². The molecule has 1 N–H and O–H groups in total. The van der Waals surface area contributed by atoms with Crippen molar-refractivity contribution in [2.45, 2.75) is 25.9 Å². The molecule has 0 radical (unpaired) electrons. The minimum atomic E-state index is 0.271. The van der Waals surface area contributed by atoms with E-state index in [4.69, 9.17) is 0 Å². The summed E-state index contributed by atoms with van der Waals surface area (Å²) >= 11 is 0. The van der Waals surface area contributed by atoms with Gasteiger partial charge in [0.25, 0.3) is 0 Å². The fourth-order valence-corrected chi connectivity index (χ4v) is 2.85. The summed E-state index contributed by atoms with van der Waals surface area (Å²) in [5, 5.41) is 10.5. The number of rotatable bonds is 4. The Hall–Kier alpha value is -2.13. The molecule has 2 atom stereocenters. The van der Waals surface area contributed by atoms with Crippen LogP contribution in [0.25, 0.3) is 10.8 Å². The molecule has 0 bridgehead atoms. The second-order valence-electron chi connectivity index (χ2n) is 5.63. The predicted octanol–water partition coefficient (Wildman–Crippen LogP) is 3.99. The summed E-state index contributed by atoms with van der Waals surface area (Å²) in [6, 6.07) is 15.6. The van der Waals surface area contributed by atoms with Crippen molar-refractivity contribution >= 4 is 10.8 Å². The maximum absolute atomic E-state index is 4.24. The monoisotopic (exact) mass is 279 g/mol. The van der Waals surface area contributed by atoms with E-state index in [9.17, 15) is 0 Å². The Morgan fingerprint density at radius 2 is 1.76 bits per heavy atom. The fraction of sp³-hybridized carbons (Fsp3) is 0.278. The summed E-state index contributed by atoms with van der Waals surface area (Å²) in [6.45, 7) is 4.40. The van der Waals surface area contributed by atoms with Crippen LogP contribution in [0.4, 0.5) is 0 Å². The van der Waals surface area contributed by atoms with Crippen molar-refractivity contribution in [2.75, 3.05) is 0 Å². The van der Waals surface area contributed by atoms with Crippen LogP contribution in [0.3, 0.4) is 0 Å². The third-order valence-corrected chi connectivity index (χ3v) is 4.01. The Labute approximate surface area is 125 Å². The third kappa shape index (κ3) is 2.83. The lowest BCUT2D eigenvalue weighted by molar-refractivity contribution is 0.496. The summed E-state index contributed by atoms with van der Waals surface area (Å²) in [5.74, 6) is 0.